The molecule has 1 aromatic heterocycles. The minimum Gasteiger partial charge on any atom is -0.368 e. The molecule has 2 N–H and O–H groups in total. The van der Waals surface area contributed by atoms with Gasteiger partial charge in [0.1, 0.15) is 6.10 Å². The number of aromatic amines is 1. The van der Waals surface area contributed by atoms with Gasteiger partial charge in [0.2, 0.25) is 5.91 Å². The van der Waals surface area contributed by atoms with Crippen molar-refractivity contribution in [3.8, 4) is 0 Å². The maximum absolute atomic E-state index is 11.8. The molecule has 0 radical (unpaired) electrons. The lowest BCUT2D eigenvalue weighted by Crippen LogP contribution is -2.35. The van der Waals surface area contributed by atoms with Crippen LogP contribution in [0.15, 0.2) is 0 Å². The van der Waals surface area contributed by atoms with E-state index >= 15 is 0 Å². The zero-order valence-electron chi connectivity index (χ0n) is 10.6. The van der Waals surface area contributed by atoms with E-state index in [-0.39, 0.29) is 5.91 Å². The fourth-order valence-electron chi connectivity index (χ4n) is 1.49. The molecule has 1 aromatic rings. The van der Waals surface area contributed by atoms with Crippen LogP contribution in [0.2, 0.25) is 0 Å². The van der Waals surface area contributed by atoms with E-state index in [9.17, 15) is 4.79 Å². The van der Waals surface area contributed by atoms with Crippen molar-refractivity contribution in [2.45, 2.75) is 32.4 Å². The average molecular weight is 270 g/mol. The molecule has 0 spiro atoms. The van der Waals surface area contributed by atoms with Crippen molar-refractivity contribution < 1.29 is 9.53 Å². The predicted octanol–water partition coefficient (Wildman–Crippen LogP) is 0.909. The van der Waals surface area contributed by atoms with Gasteiger partial charge in [0.05, 0.1) is 13.2 Å². The smallest absolute Gasteiger partial charge is 0.249 e. The number of aromatic nitrogens is 3. The number of hydrogen-bond donors (Lipinski definition) is 2. The van der Waals surface area contributed by atoms with Gasteiger partial charge in [-0.15, -0.1) is 0 Å². The molecule has 0 saturated heterocycles. The molecule has 6 nitrogen and oxygen atoms in total. The van der Waals surface area contributed by atoms with Gasteiger partial charge in [0, 0.05) is 7.05 Å². The van der Waals surface area contributed by atoms with Gasteiger partial charge in [-0.1, -0.05) is 0 Å². The van der Waals surface area contributed by atoms with Crippen molar-refractivity contribution in [2.24, 2.45) is 13.0 Å². The fraction of sp³-hybridized carbons (Fsp3) is 0.727. The monoisotopic (exact) mass is 270 g/mol. The van der Waals surface area contributed by atoms with E-state index < -0.39 is 6.10 Å². The molecule has 1 saturated carbocycles. The van der Waals surface area contributed by atoms with Crippen molar-refractivity contribution in [3.63, 3.8) is 0 Å². The van der Waals surface area contributed by atoms with Gasteiger partial charge in [0.25, 0.3) is 0 Å². The van der Waals surface area contributed by atoms with E-state index in [4.69, 9.17) is 17.0 Å². The summed E-state index contributed by atoms with van der Waals surface area (Å²) in [6.07, 6.45) is 2.02. The highest BCUT2D eigenvalue weighted by molar-refractivity contribution is 7.71. The predicted molar refractivity (Wildman–Crippen MR) is 68.4 cm³/mol. The Hall–Kier alpha value is -1.21. The Morgan fingerprint density at radius 1 is 1.72 bits per heavy atom. The second-order valence-electron chi connectivity index (χ2n) is 4.64. The number of carbonyl (C=O) groups is 1. The van der Waals surface area contributed by atoms with Crippen LogP contribution >= 0.6 is 12.2 Å². The summed E-state index contributed by atoms with van der Waals surface area (Å²) in [4.78, 5) is 11.8. The lowest BCUT2D eigenvalue weighted by molar-refractivity contribution is -0.132. The number of H-pyrrole nitrogens is 1. The lowest BCUT2D eigenvalue weighted by Gasteiger charge is -2.12. The van der Waals surface area contributed by atoms with Gasteiger partial charge in [-0.25, -0.2) is 0 Å². The molecule has 0 aromatic carbocycles. The van der Waals surface area contributed by atoms with E-state index in [0.29, 0.717) is 29.7 Å². The van der Waals surface area contributed by atoms with E-state index in [0.717, 1.165) is 0 Å². The first-order valence-corrected chi connectivity index (χ1v) is 6.48. The van der Waals surface area contributed by atoms with Crippen molar-refractivity contribution in [2.75, 3.05) is 6.61 Å². The highest BCUT2D eigenvalue weighted by Crippen LogP contribution is 2.29. The van der Waals surface area contributed by atoms with Gasteiger partial charge in [-0.2, -0.15) is 5.10 Å². The van der Waals surface area contributed by atoms with Gasteiger partial charge in [0.15, 0.2) is 10.6 Å². The number of nitrogens with one attached hydrogen (secondary N) is 2. The number of ether oxygens (including phenoxy) is 1. The highest BCUT2D eigenvalue weighted by atomic mass is 32.1. The molecule has 1 fully saturated rings. The second-order valence-corrected chi connectivity index (χ2v) is 5.03. The molecule has 1 aliphatic carbocycles. The van der Waals surface area contributed by atoms with Crippen LogP contribution in [0.25, 0.3) is 0 Å². The summed E-state index contributed by atoms with van der Waals surface area (Å²) in [6.45, 7) is 2.79. The van der Waals surface area contributed by atoms with Crippen LogP contribution in [0.1, 0.15) is 25.6 Å². The summed E-state index contributed by atoms with van der Waals surface area (Å²) in [7, 11) is 1.81. The molecular formula is C11H18N4O2S. The number of rotatable bonds is 6. The molecule has 7 heteroatoms. The summed E-state index contributed by atoms with van der Waals surface area (Å²) >= 11 is 4.99. The SMILES string of the molecule is CC(OCC1CC1)C(=O)NCc1n[nH]c(=S)n1C. The molecule has 1 heterocycles. The maximum atomic E-state index is 11.8. The second kappa shape index (κ2) is 5.62. The van der Waals surface area contributed by atoms with Gasteiger partial charge < -0.3 is 14.6 Å². The quantitative estimate of drug-likeness (QED) is 0.754. The Morgan fingerprint density at radius 2 is 2.44 bits per heavy atom. The van der Waals surface area contributed by atoms with Gasteiger partial charge in [-0.05, 0) is 37.9 Å². The van der Waals surface area contributed by atoms with Crippen LogP contribution in [0, 0.1) is 10.7 Å². The standard InChI is InChI=1S/C11H18N4O2S/c1-7(17-6-8-3-4-8)10(16)12-5-9-13-14-11(18)15(9)2/h7-8H,3-6H2,1-2H3,(H,12,16)(H,14,18). The minimum absolute atomic E-state index is 0.121. The van der Waals surface area contributed by atoms with Gasteiger partial charge >= 0.3 is 0 Å². The first-order valence-electron chi connectivity index (χ1n) is 6.07. The zero-order chi connectivity index (χ0) is 13.1. The Bertz CT molecular complexity index is 478. The molecule has 100 valence electrons. The molecule has 2 rings (SSSR count). The van der Waals surface area contributed by atoms with E-state index in [1.807, 2.05) is 0 Å². The first kappa shape index (κ1) is 13.2. The third kappa shape index (κ3) is 3.39. The molecular weight excluding hydrogens is 252 g/mol. The van der Waals surface area contributed by atoms with Crippen molar-refractivity contribution in [1.82, 2.24) is 20.1 Å². The van der Waals surface area contributed by atoms with Gasteiger partial charge in [-0.3, -0.25) is 9.89 Å². The van der Waals surface area contributed by atoms with Crippen LogP contribution in [0.5, 0.6) is 0 Å². The molecule has 18 heavy (non-hydrogen) atoms. The zero-order valence-corrected chi connectivity index (χ0v) is 11.4. The topological polar surface area (TPSA) is 71.9 Å². The van der Waals surface area contributed by atoms with Crippen LogP contribution < -0.4 is 5.32 Å². The van der Waals surface area contributed by atoms with Crippen molar-refractivity contribution >= 4 is 18.1 Å². The molecule has 1 atom stereocenters. The Balaban J connectivity index is 1.76. The number of carbonyl (C=O) groups excluding carboxylic acids is 1. The summed E-state index contributed by atoms with van der Waals surface area (Å²) in [5.41, 5.74) is 0. The number of nitrogens with zero attached hydrogens (tertiary/aromatic N) is 2. The minimum atomic E-state index is -0.419. The highest BCUT2D eigenvalue weighted by Gasteiger charge is 2.24. The largest absolute Gasteiger partial charge is 0.368 e. The van der Waals surface area contributed by atoms with E-state index in [2.05, 4.69) is 15.5 Å². The van der Waals surface area contributed by atoms with E-state index in [1.54, 1.807) is 18.5 Å². The summed E-state index contributed by atoms with van der Waals surface area (Å²) in [5, 5.41) is 9.48. The van der Waals surface area contributed by atoms with Crippen molar-refractivity contribution in [1.29, 1.82) is 0 Å². The first-order chi connectivity index (χ1) is 8.58. The third-order valence-electron chi connectivity index (χ3n) is 3.04. The lowest BCUT2D eigenvalue weighted by atomic mass is 10.3. The molecule has 0 aliphatic heterocycles. The maximum Gasteiger partial charge on any atom is 0.249 e. The molecule has 1 aliphatic rings. The normalized spacial score (nSPS) is 16.6. The molecule has 0 bridgehead atoms. The molecule has 1 unspecified atom stereocenters. The van der Waals surface area contributed by atoms with E-state index in [1.165, 1.54) is 12.8 Å². The van der Waals surface area contributed by atoms with Crippen LogP contribution in [-0.4, -0.2) is 33.4 Å². The molecule has 1 amide bonds. The third-order valence-corrected chi connectivity index (χ3v) is 3.41. The van der Waals surface area contributed by atoms with Crippen LogP contribution in [-0.2, 0) is 23.1 Å². The number of amides is 1. The number of hydrogen-bond acceptors (Lipinski definition) is 4. The Labute approximate surface area is 111 Å². The average Bonchev–Trinajstić information content (AvgIpc) is 3.13. The Kier molecular flexibility index (Phi) is 4.13. The van der Waals surface area contributed by atoms with Crippen LogP contribution in [0.4, 0.5) is 0 Å². The fourth-order valence-corrected chi connectivity index (χ4v) is 1.64. The van der Waals surface area contributed by atoms with Crippen molar-refractivity contribution in [3.05, 3.63) is 10.6 Å². The summed E-state index contributed by atoms with van der Waals surface area (Å²) < 4.78 is 7.75. The summed E-state index contributed by atoms with van der Waals surface area (Å²) in [5.74, 6) is 1.24. The Morgan fingerprint density at radius 3 is 3.00 bits per heavy atom. The van der Waals surface area contributed by atoms with Crippen LogP contribution in [0.3, 0.4) is 0 Å². The summed E-state index contributed by atoms with van der Waals surface area (Å²) in [6, 6.07) is 0.